The minimum Gasteiger partial charge on any atom is -0.294 e. The van der Waals surface area contributed by atoms with Crippen LogP contribution < -0.4 is 0 Å². The highest BCUT2D eigenvalue weighted by Crippen LogP contribution is 2.41. The van der Waals surface area contributed by atoms with E-state index in [-0.39, 0.29) is 11.7 Å². The molecule has 2 rings (SSSR count). The molecule has 0 aliphatic heterocycles. The van der Waals surface area contributed by atoms with Crippen LogP contribution in [-0.4, -0.2) is 5.78 Å². The Morgan fingerprint density at radius 2 is 2.21 bits per heavy atom. The monoisotopic (exact) mass is 212 g/mol. The molecule has 0 amide bonds. The van der Waals surface area contributed by atoms with Crippen LogP contribution in [0.4, 0.5) is 4.39 Å². The number of hydrogen-bond donors (Lipinski definition) is 0. The number of carbonyl (C=O) groups excluding carboxylic acids is 1. The third-order valence-electron chi connectivity index (χ3n) is 2.64. The molecule has 0 heterocycles. The molecule has 0 radical (unpaired) electrons. The zero-order valence-corrected chi connectivity index (χ0v) is 8.51. The molecular weight excluding hydrogens is 203 g/mol. The van der Waals surface area contributed by atoms with Crippen molar-refractivity contribution in [2.45, 2.75) is 13.3 Å². The van der Waals surface area contributed by atoms with E-state index in [4.69, 9.17) is 11.6 Å². The molecule has 0 N–H and O–H groups in total. The summed E-state index contributed by atoms with van der Waals surface area (Å²) >= 11 is 5.82. The third-order valence-corrected chi connectivity index (χ3v) is 2.97. The van der Waals surface area contributed by atoms with Gasteiger partial charge in [0.1, 0.15) is 5.82 Å². The second-order valence-electron chi connectivity index (χ2n) is 3.81. The molecular formula is C11H10ClFO. The Morgan fingerprint density at radius 3 is 2.79 bits per heavy atom. The Morgan fingerprint density at radius 1 is 1.57 bits per heavy atom. The maximum Gasteiger partial charge on any atom is 0.167 e. The Bertz CT molecular complexity index is 389. The normalized spacial score (nSPS) is 24.8. The third kappa shape index (κ3) is 1.67. The summed E-state index contributed by atoms with van der Waals surface area (Å²) < 4.78 is 12.9. The van der Waals surface area contributed by atoms with Gasteiger partial charge in [-0.2, -0.15) is 0 Å². The predicted octanol–water partition coefficient (Wildman–Crippen LogP) is 3.32. The number of hydrogen-bond acceptors (Lipinski definition) is 1. The quantitative estimate of drug-likeness (QED) is 0.688. The van der Waals surface area contributed by atoms with Crippen molar-refractivity contribution < 1.29 is 9.18 Å². The molecule has 1 saturated carbocycles. The Labute approximate surface area is 86.9 Å². The standard InChI is InChI=1S/C11H10ClFO/c1-6-4-8(6)11(14)9-5-7(13)2-3-10(9)12/h2-3,5-6,8H,4H2,1H3. The van der Waals surface area contributed by atoms with Gasteiger partial charge in [0.15, 0.2) is 5.78 Å². The first-order chi connectivity index (χ1) is 6.59. The van der Waals surface area contributed by atoms with Gasteiger partial charge >= 0.3 is 0 Å². The summed E-state index contributed by atoms with van der Waals surface area (Å²) in [5.41, 5.74) is 0.320. The molecule has 14 heavy (non-hydrogen) atoms. The van der Waals surface area contributed by atoms with Crippen molar-refractivity contribution in [3.8, 4) is 0 Å². The van der Waals surface area contributed by atoms with Crippen molar-refractivity contribution in [1.29, 1.82) is 0 Å². The van der Waals surface area contributed by atoms with Crippen molar-refractivity contribution in [2.75, 3.05) is 0 Å². The fraction of sp³-hybridized carbons (Fsp3) is 0.364. The first kappa shape index (κ1) is 9.66. The summed E-state index contributed by atoms with van der Waals surface area (Å²) in [5, 5.41) is 0.343. The van der Waals surface area contributed by atoms with Gasteiger partial charge in [-0.05, 0) is 30.5 Å². The molecule has 1 aromatic rings. The van der Waals surface area contributed by atoms with E-state index in [1.54, 1.807) is 0 Å². The maximum atomic E-state index is 12.9. The molecule has 1 aliphatic rings. The van der Waals surface area contributed by atoms with E-state index in [1.165, 1.54) is 18.2 Å². The first-order valence-corrected chi connectivity index (χ1v) is 4.96. The van der Waals surface area contributed by atoms with Gasteiger partial charge in [-0.25, -0.2) is 4.39 Å². The van der Waals surface area contributed by atoms with Crippen LogP contribution in [0.15, 0.2) is 18.2 Å². The van der Waals surface area contributed by atoms with E-state index in [2.05, 4.69) is 0 Å². The highest BCUT2D eigenvalue weighted by Gasteiger charge is 2.40. The van der Waals surface area contributed by atoms with Crippen LogP contribution in [0.25, 0.3) is 0 Å². The van der Waals surface area contributed by atoms with Gasteiger partial charge in [0.05, 0.1) is 5.02 Å². The van der Waals surface area contributed by atoms with Crippen LogP contribution in [0.5, 0.6) is 0 Å². The maximum absolute atomic E-state index is 12.9. The Hall–Kier alpha value is -0.890. The molecule has 0 bridgehead atoms. The van der Waals surface area contributed by atoms with Crippen molar-refractivity contribution in [2.24, 2.45) is 11.8 Å². The fourth-order valence-electron chi connectivity index (χ4n) is 1.57. The van der Waals surface area contributed by atoms with Crippen LogP contribution in [0.3, 0.4) is 0 Å². The van der Waals surface area contributed by atoms with Crippen molar-refractivity contribution in [3.63, 3.8) is 0 Å². The molecule has 3 heteroatoms. The second-order valence-corrected chi connectivity index (χ2v) is 4.22. The molecule has 74 valence electrons. The summed E-state index contributed by atoms with van der Waals surface area (Å²) in [4.78, 5) is 11.7. The molecule has 2 unspecified atom stereocenters. The lowest BCUT2D eigenvalue weighted by Gasteiger charge is -2.02. The molecule has 1 aromatic carbocycles. The molecule has 0 saturated heterocycles. The van der Waals surface area contributed by atoms with Gasteiger partial charge < -0.3 is 0 Å². The van der Waals surface area contributed by atoms with Crippen LogP contribution in [0.2, 0.25) is 5.02 Å². The van der Waals surface area contributed by atoms with Crippen LogP contribution in [-0.2, 0) is 0 Å². The topological polar surface area (TPSA) is 17.1 Å². The molecule has 0 spiro atoms. The molecule has 1 nitrogen and oxygen atoms in total. The summed E-state index contributed by atoms with van der Waals surface area (Å²) in [6, 6.07) is 3.91. The number of carbonyl (C=O) groups is 1. The lowest BCUT2D eigenvalue weighted by Crippen LogP contribution is -2.04. The number of benzene rings is 1. The van der Waals surface area contributed by atoms with Gasteiger partial charge in [0.2, 0.25) is 0 Å². The lowest BCUT2D eigenvalue weighted by atomic mass is 10.1. The van der Waals surface area contributed by atoms with Gasteiger partial charge in [0.25, 0.3) is 0 Å². The molecule has 1 aliphatic carbocycles. The SMILES string of the molecule is CC1CC1C(=O)c1cc(F)ccc1Cl. The van der Waals surface area contributed by atoms with Crippen molar-refractivity contribution in [1.82, 2.24) is 0 Å². The predicted molar refractivity (Wildman–Crippen MR) is 53.0 cm³/mol. The van der Waals surface area contributed by atoms with Gasteiger partial charge in [-0.15, -0.1) is 0 Å². The number of rotatable bonds is 2. The number of Topliss-reactive ketones (excluding diaryl/α,β-unsaturated/α-hetero) is 1. The van der Waals surface area contributed by atoms with E-state index < -0.39 is 5.82 Å². The minimum atomic E-state index is -0.411. The second kappa shape index (κ2) is 3.35. The summed E-state index contributed by atoms with van der Waals surface area (Å²) in [6.45, 7) is 2.01. The number of halogens is 2. The average Bonchev–Trinajstić information content (AvgIpc) is 2.86. The van der Waals surface area contributed by atoms with E-state index in [0.29, 0.717) is 16.5 Å². The highest BCUT2D eigenvalue weighted by atomic mass is 35.5. The van der Waals surface area contributed by atoms with E-state index in [0.717, 1.165) is 6.42 Å². The van der Waals surface area contributed by atoms with Crippen molar-refractivity contribution in [3.05, 3.63) is 34.6 Å². The van der Waals surface area contributed by atoms with Gasteiger partial charge in [-0.3, -0.25) is 4.79 Å². The smallest absolute Gasteiger partial charge is 0.167 e. The average molecular weight is 213 g/mol. The zero-order chi connectivity index (χ0) is 10.3. The molecule has 2 atom stereocenters. The van der Waals surface area contributed by atoms with Crippen LogP contribution >= 0.6 is 11.6 Å². The van der Waals surface area contributed by atoms with E-state index in [9.17, 15) is 9.18 Å². The summed E-state index contributed by atoms with van der Waals surface area (Å²) in [7, 11) is 0. The van der Waals surface area contributed by atoms with Gasteiger partial charge in [0, 0.05) is 11.5 Å². The first-order valence-electron chi connectivity index (χ1n) is 4.59. The molecule has 1 fully saturated rings. The number of ketones is 1. The lowest BCUT2D eigenvalue weighted by molar-refractivity contribution is 0.0962. The highest BCUT2D eigenvalue weighted by molar-refractivity contribution is 6.34. The van der Waals surface area contributed by atoms with Crippen LogP contribution in [0.1, 0.15) is 23.7 Å². The van der Waals surface area contributed by atoms with Crippen molar-refractivity contribution >= 4 is 17.4 Å². The molecule has 0 aromatic heterocycles. The Balaban J connectivity index is 2.31. The van der Waals surface area contributed by atoms with Gasteiger partial charge in [-0.1, -0.05) is 18.5 Å². The minimum absolute atomic E-state index is 0.0259. The van der Waals surface area contributed by atoms with Crippen LogP contribution in [0, 0.1) is 17.7 Å². The largest absolute Gasteiger partial charge is 0.294 e. The van der Waals surface area contributed by atoms with E-state index in [1.807, 2.05) is 6.92 Å². The fourth-order valence-corrected chi connectivity index (χ4v) is 1.78. The van der Waals surface area contributed by atoms with E-state index >= 15 is 0 Å². The zero-order valence-electron chi connectivity index (χ0n) is 7.76. The Kier molecular flexibility index (Phi) is 2.31. The summed E-state index contributed by atoms with van der Waals surface area (Å²) in [5.74, 6) is 0.0317. The summed E-state index contributed by atoms with van der Waals surface area (Å²) in [6.07, 6.45) is 0.895.